The summed E-state index contributed by atoms with van der Waals surface area (Å²) in [5.74, 6) is 1.20. The van der Waals surface area contributed by atoms with Gasteiger partial charge in [-0.25, -0.2) is 0 Å². The molecule has 0 spiro atoms. The summed E-state index contributed by atoms with van der Waals surface area (Å²) >= 11 is 0. The molecule has 1 unspecified atom stereocenters. The Balaban J connectivity index is 1.65. The van der Waals surface area contributed by atoms with Crippen LogP contribution in [0.4, 0.5) is 0 Å². The second kappa shape index (κ2) is 5.71. The van der Waals surface area contributed by atoms with Crippen LogP contribution in [-0.2, 0) is 11.3 Å². The van der Waals surface area contributed by atoms with Crippen LogP contribution >= 0.6 is 0 Å². The first-order valence-corrected chi connectivity index (χ1v) is 7.24. The van der Waals surface area contributed by atoms with Crippen molar-refractivity contribution in [3.8, 4) is 11.5 Å². The van der Waals surface area contributed by atoms with Crippen molar-refractivity contribution >= 4 is 5.91 Å². The maximum atomic E-state index is 12.3. The van der Waals surface area contributed by atoms with Gasteiger partial charge in [-0.05, 0) is 38.5 Å². The lowest BCUT2D eigenvalue weighted by Crippen LogP contribution is -2.28. The summed E-state index contributed by atoms with van der Waals surface area (Å²) in [6.45, 7) is 6.42. The van der Waals surface area contributed by atoms with Crippen LogP contribution in [0.2, 0.25) is 0 Å². The number of nitrogens with zero attached hydrogens (tertiary/aromatic N) is 1. The molecule has 2 heterocycles. The van der Waals surface area contributed by atoms with Crippen molar-refractivity contribution in [1.29, 1.82) is 0 Å². The number of benzene rings is 1. The van der Waals surface area contributed by atoms with Gasteiger partial charge in [0.25, 0.3) is 0 Å². The second-order valence-corrected chi connectivity index (χ2v) is 5.47. The lowest BCUT2D eigenvalue weighted by Gasteiger charge is -2.13. The molecular weight excluding hydrogens is 282 g/mol. The Morgan fingerprint density at radius 2 is 2.14 bits per heavy atom. The van der Waals surface area contributed by atoms with Crippen molar-refractivity contribution in [3.05, 3.63) is 40.7 Å². The fourth-order valence-electron chi connectivity index (χ4n) is 2.72. The van der Waals surface area contributed by atoms with E-state index >= 15 is 0 Å². The quantitative estimate of drug-likeness (QED) is 0.907. The highest BCUT2D eigenvalue weighted by Gasteiger charge is 2.21. The van der Waals surface area contributed by atoms with Gasteiger partial charge >= 0.3 is 0 Å². The number of aromatic amines is 1. The molecule has 0 saturated heterocycles. The molecule has 1 atom stereocenters. The summed E-state index contributed by atoms with van der Waals surface area (Å²) in [7, 11) is 0. The Morgan fingerprint density at radius 3 is 2.86 bits per heavy atom. The van der Waals surface area contributed by atoms with Gasteiger partial charge in [0.05, 0.1) is 11.6 Å². The highest BCUT2D eigenvalue weighted by atomic mass is 16.7. The van der Waals surface area contributed by atoms with Gasteiger partial charge in [0.2, 0.25) is 12.7 Å². The minimum atomic E-state index is -0.243. The zero-order valence-electron chi connectivity index (χ0n) is 12.9. The molecule has 2 aromatic rings. The maximum absolute atomic E-state index is 12.3. The minimum absolute atomic E-state index is 0.0229. The van der Waals surface area contributed by atoms with E-state index in [-0.39, 0.29) is 18.6 Å². The molecule has 0 aliphatic carbocycles. The van der Waals surface area contributed by atoms with Crippen LogP contribution in [0.1, 0.15) is 35.4 Å². The minimum Gasteiger partial charge on any atom is -0.454 e. The van der Waals surface area contributed by atoms with Gasteiger partial charge in [-0.15, -0.1) is 0 Å². The Hall–Kier alpha value is -2.50. The molecule has 1 aromatic heterocycles. The first kappa shape index (κ1) is 14.4. The van der Waals surface area contributed by atoms with E-state index in [1.165, 1.54) is 0 Å². The average molecular weight is 301 g/mol. The molecule has 1 aliphatic rings. The zero-order valence-corrected chi connectivity index (χ0v) is 12.9. The molecule has 6 heteroatoms. The van der Waals surface area contributed by atoms with Crippen molar-refractivity contribution in [2.45, 2.75) is 33.2 Å². The van der Waals surface area contributed by atoms with E-state index in [0.29, 0.717) is 6.54 Å². The summed E-state index contributed by atoms with van der Waals surface area (Å²) in [6, 6.07) is 5.67. The number of aryl methyl sites for hydroxylation is 2. The molecule has 116 valence electrons. The normalized spacial score (nSPS) is 14.0. The highest BCUT2D eigenvalue weighted by molar-refractivity contribution is 5.83. The smallest absolute Gasteiger partial charge is 0.231 e. The van der Waals surface area contributed by atoms with E-state index in [1.54, 1.807) is 0 Å². The molecule has 6 nitrogen and oxygen atoms in total. The number of nitrogens with one attached hydrogen (secondary N) is 2. The summed E-state index contributed by atoms with van der Waals surface area (Å²) < 4.78 is 10.6. The van der Waals surface area contributed by atoms with Crippen molar-refractivity contribution < 1.29 is 14.3 Å². The second-order valence-electron chi connectivity index (χ2n) is 5.47. The lowest BCUT2D eigenvalue weighted by molar-refractivity contribution is -0.122. The molecule has 0 fully saturated rings. The van der Waals surface area contributed by atoms with Gasteiger partial charge in [-0.3, -0.25) is 9.89 Å². The molecule has 1 aromatic carbocycles. The number of fused-ring (bicyclic) bond motifs is 1. The molecular formula is C16H19N3O3. The van der Waals surface area contributed by atoms with Gasteiger partial charge in [0.15, 0.2) is 11.5 Å². The maximum Gasteiger partial charge on any atom is 0.231 e. The number of amides is 1. The number of carbonyl (C=O) groups excluding carboxylic acids is 1. The number of ether oxygens (including phenoxy) is 2. The summed E-state index contributed by atoms with van der Waals surface area (Å²) in [4.78, 5) is 12.3. The van der Waals surface area contributed by atoms with Crippen LogP contribution in [0.25, 0.3) is 0 Å². The van der Waals surface area contributed by atoms with E-state index in [4.69, 9.17) is 9.47 Å². The predicted molar refractivity (Wildman–Crippen MR) is 80.9 cm³/mol. The van der Waals surface area contributed by atoms with E-state index < -0.39 is 0 Å². The van der Waals surface area contributed by atoms with Crippen molar-refractivity contribution in [2.24, 2.45) is 0 Å². The number of hydrogen-bond acceptors (Lipinski definition) is 4. The first-order valence-electron chi connectivity index (χ1n) is 7.24. The fraction of sp³-hybridized carbons (Fsp3) is 0.375. The Morgan fingerprint density at radius 1 is 1.36 bits per heavy atom. The molecule has 0 saturated carbocycles. The van der Waals surface area contributed by atoms with Gasteiger partial charge in [-0.2, -0.15) is 5.10 Å². The van der Waals surface area contributed by atoms with Gasteiger partial charge in [0, 0.05) is 17.8 Å². The number of aromatic nitrogens is 2. The van der Waals surface area contributed by atoms with E-state index in [2.05, 4.69) is 15.5 Å². The predicted octanol–water partition coefficient (Wildman–Crippen LogP) is 2.18. The van der Waals surface area contributed by atoms with Crippen LogP contribution in [0.5, 0.6) is 11.5 Å². The van der Waals surface area contributed by atoms with Crippen LogP contribution in [-0.4, -0.2) is 22.9 Å². The SMILES string of the molecule is Cc1n[nH]c(C)c1C(C)C(=O)NCc1ccc2c(c1)OCO2. The third-order valence-electron chi connectivity index (χ3n) is 3.92. The Labute approximate surface area is 128 Å². The molecule has 1 aliphatic heterocycles. The highest BCUT2D eigenvalue weighted by Crippen LogP contribution is 2.32. The van der Waals surface area contributed by atoms with Crippen LogP contribution in [0.3, 0.4) is 0 Å². The Kier molecular flexibility index (Phi) is 3.75. The number of rotatable bonds is 4. The van der Waals surface area contributed by atoms with Crippen LogP contribution in [0, 0.1) is 13.8 Å². The van der Waals surface area contributed by atoms with Gasteiger partial charge < -0.3 is 14.8 Å². The topological polar surface area (TPSA) is 76.2 Å². The van der Waals surface area contributed by atoms with Gasteiger partial charge in [0.1, 0.15) is 0 Å². The summed E-state index contributed by atoms with van der Waals surface area (Å²) in [6.07, 6.45) is 0. The van der Waals surface area contributed by atoms with Crippen LogP contribution in [0.15, 0.2) is 18.2 Å². The average Bonchev–Trinajstić information content (AvgIpc) is 3.10. The lowest BCUT2D eigenvalue weighted by atomic mass is 9.98. The summed E-state index contributed by atoms with van der Waals surface area (Å²) in [5.41, 5.74) is 3.74. The number of hydrogen-bond donors (Lipinski definition) is 2. The first-order chi connectivity index (χ1) is 10.6. The fourth-order valence-corrected chi connectivity index (χ4v) is 2.72. The van der Waals surface area contributed by atoms with Crippen molar-refractivity contribution in [2.75, 3.05) is 6.79 Å². The third kappa shape index (κ3) is 2.64. The molecule has 1 amide bonds. The third-order valence-corrected chi connectivity index (χ3v) is 3.92. The standard InChI is InChI=1S/C16H19N3O3/c1-9(15-10(2)18-19-11(15)3)16(20)17-7-12-4-5-13-14(6-12)22-8-21-13/h4-6,9H,7-8H2,1-3H3,(H,17,20)(H,18,19). The Bertz CT molecular complexity index is 689. The number of carbonyl (C=O) groups is 1. The van der Waals surface area contributed by atoms with Crippen molar-refractivity contribution in [1.82, 2.24) is 15.5 Å². The van der Waals surface area contributed by atoms with Crippen LogP contribution < -0.4 is 14.8 Å². The van der Waals surface area contributed by atoms with Crippen molar-refractivity contribution in [3.63, 3.8) is 0 Å². The number of H-pyrrole nitrogens is 1. The molecule has 22 heavy (non-hydrogen) atoms. The molecule has 2 N–H and O–H groups in total. The largest absolute Gasteiger partial charge is 0.454 e. The summed E-state index contributed by atoms with van der Waals surface area (Å²) in [5, 5.41) is 10.0. The van der Waals surface area contributed by atoms with E-state index in [0.717, 1.165) is 34.0 Å². The monoisotopic (exact) mass is 301 g/mol. The zero-order chi connectivity index (χ0) is 15.7. The van der Waals surface area contributed by atoms with E-state index in [9.17, 15) is 4.79 Å². The molecule has 3 rings (SSSR count). The molecule has 0 bridgehead atoms. The van der Waals surface area contributed by atoms with Gasteiger partial charge in [-0.1, -0.05) is 6.07 Å². The molecule has 0 radical (unpaired) electrons. The van der Waals surface area contributed by atoms with E-state index in [1.807, 2.05) is 39.0 Å².